The van der Waals surface area contributed by atoms with Crippen molar-refractivity contribution < 1.29 is 0 Å². The summed E-state index contributed by atoms with van der Waals surface area (Å²) < 4.78 is 0. The first-order chi connectivity index (χ1) is 6.35. The van der Waals surface area contributed by atoms with Crippen molar-refractivity contribution in [1.29, 1.82) is 10.5 Å². The predicted octanol–water partition coefficient (Wildman–Crippen LogP) is 3.21. The second kappa shape index (κ2) is 9.07. The fourth-order valence-corrected chi connectivity index (χ4v) is 1.21. The first-order valence-electron chi connectivity index (χ1n) is 4.93. The van der Waals surface area contributed by atoms with Crippen molar-refractivity contribution in [3.8, 4) is 12.1 Å². The molecule has 0 heterocycles. The summed E-state index contributed by atoms with van der Waals surface area (Å²) in [5.74, 6) is -0.396. The Hall–Kier alpha value is -1.02. The Morgan fingerprint density at radius 2 is 1.46 bits per heavy atom. The second-order valence-corrected chi connectivity index (χ2v) is 3.22. The molecule has 0 amide bonds. The summed E-state index contributed by atoms with van der Waals surface area (Å²) in [6, 6.07) is 3.97. The predicted molar refractivity (Wildman–Crippen MR) is 52.4 cm³/mol. The van der Waals surface area contributed by atoms with E-state index in [2.05, 4.69) is 6.92 Å². The highest BCUT2D eigenvalue weighted by molar-refractivity contribution is 4.98. The average molecular weight is 177 g/mol. The van der Waals surface area contributed by atoms with E-state index in [0.29, 0.717) is 0 Å². The van der Waals surface area contributed by atoms with Crippen molar-refractivity contribution in [2.24, 2.45) is 5.92 Å². The van der Waals surface area contributed by atoms with E-state index in [-0.39, 0.29) is 0 Å². The quantitative estimate of drug-likeness (QED) is 0.560. The molecule has 0 aromatic rings. The third-order valence-electron chi connectivity index (χ3n) is 2.05. The van der Waals surface area contributed by atoms with Gasteiger partial charge in [0.25, 0.3) is 0 Å². The van der Waals surface area contributed by atoms with Crippen molar-refractivity contribution in [3.63, 3.8) is 0 Å². The van der Waals surface area contributed by atoms with Crippen LogP contribution in [0.2, 0.25) is 0 Å². The molecule has 0 aromatic carbocycles. The molecule has 0 rings (SSSR count). The van der Waals surface area contributed by atoms with Crippen LogP contribution in [-0.2, 0) is 0 Å². The number of rotatable bonds is 7. The van der Waals surface area contributed by atoms with Gasteiger partial charge in [-0.05, 0) is 6.42 Å². The van der Waals surface area contributed by atoms with Crippen LogP contribution in [0.5, 0.6) is 0 Å². The molecule has 0 spiro atoms. The Morgan fingerprint density at radius 3 is 2.00 bits per heavy atom. The Bertz CT molecular complexity index is 171. The lowest BCUT2D eigenvalue weighted by Crippen LogP contribution is -1.92. The van der Waals surface area contributed by atoms with Gasteiger partial charge >= 0.3 is 0 Å². The fraction of sp³-hybridized carbons (Fsp3) is 0.727. The Balaban J connectivity index is 3.17. The van der Waals surface area contributed by atoms with Crippen LogP contribution in [0.1, 0.15) is 44.9 Å². The van der Waals surface area contributed by atoms with Gasteiger partial charge in [0.1, 0.15) is 5.92 Å². The molecule has 0 aliphatic heterocycles. The zero-order valence-electron chi connectivity index (χ0n) is 8.13. The number of hydrogen-bond acceptors (Lipinski definition) is 2. The van der Waals surface area contributed by atoms with E-state index in [1.54, 1.807) is 0 Å². The van der Waals surface area contributed by atoms with Gasteiger partial charge in [0, 0.05) is 0 Å². The Morgan fingerprint density at radius 1 is 0.923 bits per heavy atom. The highest BCUT2D eigenvalue weighted by atomic mass is 14.3. The molecular formula is C11H17N2. The zero-order chi connectivity index (χ0) is 9.94. The molecule has 0 atom stereocenters. The summed E-state index contributed by atoms with van der Waals surface area (Å²) in [6.07, 6.45) is 7.52. The van der Waals surface area contributed by atoms with Crippen LogP contribution in [0, 0.1) is 35.5 Å². The third kappa shape index (κ3) is 7.34. The monoisotopic (exact) mass is 177 g/mol. The number of nitriles is 2. The molecule has 0 aromatic heterocycles. The number of unbranched alkanes of at least 4 members (excludes halogenated alkanes) is 5. The van der Waals surface area contributed by atoms with Crippen LogP contribution in [0.25, 0.3) is 0 Å². The lowest BCUT2D eigenvalue weighted by atomic mass is 10.0. The first-order valence-corrected chi connectivity index (χ1v) is 4.93. The van der Waals surface area contributed by atoms with E-state index in [1.807, 2.05) is 12.1 Å². The van der Waals surface area contributed by atoms with Gasteiger partial charge in [-0.1, -0.05) is 45.4 Å². The van der Waals surface area contributed by atoms with Crippen LogP contribution < -0.4 is 0 Å². The first kappa shape index (κ1) is 12.0. The molecule has 2 nitrogen and oxygen atoms in total. The van der Waals surface area contributed by atoms with E-state index >= 15 is 0 Å². The number of nitrogens with zero attached hydrogens (tertiary/aromatic N) is 2. The minimum absolute atomic E-state index is 0.396. The third-order valence-corrected chi connectivity index (χ3v) is 2.05. The van der Waals surface area contributed by atoms with E-state index in [0.717, 1.165) is 25.7 Å². The minimum Gasteiger partial charge on any atom is -0.197 e. The maximum Gasteiger partial charge on any atom is 0.133 e. The summed E-state index contributed by atoms with van der Waals surface area (Å²) in [4.78, 5) is 0. The summed E-state index contributed by atoms with van der Waals surface area (Å²) in [5, 5.41) is 17.0. The van der Waals surface area contributed by atoms with Crippen LogP contribution in [-0.4, -0.2) is 0 Å². The Labute approximate surface area is 81.2 Å². The van der Waals surface area contributed by atoms with Crippen LogP contribution in [0.4, 0.5) is 0 Å². The highest BCUT2D eigenvalue weighted by Gasteiger charge is 2.03. The summed E-state index contributed by atoms with van der Waals surface area (Å²) in [6.45, 7) is 3.77. The van der Waals surface area contributed by atoms with Gasteiger partial charge in [0.2, 0.25) is 0 Å². The van der Waals surface area contributed by atoms with Gasteiger partial charge in [-0.2, -0.15) is 10.5 Å². The molecule has 71 valence electrons. The maximum atomic E-state index is 8.49. The Kier molecular flexibility index (Phi) is 8.36. The molecule has 0 unspecified atom stereocenters. The van der Waals surface area contributed by atoms with Crippen LogP contribution in [0.15, 0.2) is 0 Å². The van der Waals surface area contributed by atoms with Gasteiger partial charge in [-0.3, -0.25) is 0 Å². The molecule has 0 bridgehead atoms. The van der Waals surface area contributed by atoms with Crippen molar-refractivity contribution in [3.05, 3.63) is 6.92 Å². The van der Waals surface area contributed by atoms with Crippen LogP contribution >= 0.6 is 0 Å². The normalized spacial score (nSPS) is 9.54. The molecule has 0 saturated heterocycles. The van der Waals surface area contributed by atoms with Gasteiger partial charge in [0.15, 0.2) is 0 Å². The zero-order valence-corrected chi connectivity index (χ0v) is 8.13. The maximum absolute atomic E-state index is 8.49. The molecule has 2 heteroatoms. The minimum atomic E-state index is -0.396. The number of hydrogen-bond donors (Lipinski definition) is 0. The van der Waals surface area contributed by atoms with E-state index in [1.165, 1.54) is 19.3 Å². The highest BCUT2D eigenvalue weighted by Crippen LogP contribution is 2.10. The molecule has 0 aliphatic carbocycles. The van der Waals surface area contributed by atoms with Crippen molar-refractivity contribution in [2.45, 2.75) is 44.9 Å². The van der Waals surface area contributed by atoms with E-state index < -0.39 is 5.92 Å². The molecular weight excluding hydrogens is 160 g/mol. The molecule has 0 fully saturated rings. The fourth-order valence-electron chi connectivity index (χ4n) is 1.21. The molecule has 13 heavy (non-hydrogen) atoms. The smallest absolute Gasteiger partial charge is 0.133 e. The van der Waals surface area contributed by atoms with Gasteiger partial charge in [-0.15, -0.1) is 0 Å². The lowest BCUT2D eigenvalue weighted by molar-refractivity contribution is 0.575. The largest absolute Gasteiger partial charge is 0.197 e. The standard InChI is InChI=1S/C11H17N2/c1-2-3-4-5-6-7-8-11(9-12)10-13/h11H,1-8H2. The van der Waals surface area contributed by atoms with Crippen LogP contribution in [0.3, 0.4) is 0 Å². The SMILES string of the molecule is [CH2]CCCCCCCC(C#N)C#N. The summed E-state index contributed by atoms with van der Waals surface area (Å²) in [7, 11) is 0. The van der Waals surface area contributed by atoms with Gasteiger partial charge in [-0.25, -0.2) is 0 Å². The van der Waals surface area contributed by atoms with E-state index in [9.17, 15) is 0 Å². The molecule has 1 radical (unpaired) electrons. The van der Waals surface area contributed by atoms with Crippen molar-refractivity contribution >= 4 is 0 Å². The second-order valence-electron chi connectivity index (χ2n) is 3.22. The molecule has 0 saturated carbocycles. The average Bonchev–Trinajstić information content (AvgIpc) is 2.17. The molecule has 0 aliphatic rings. The molecule has 0 N–H and O–H groups in total. The van der Waals surface area contributed by atoms with Crippen molar-refractivity contribution in [1.82, 2.24) is 0 Å². The lowest BCUT2D eigenvalue weighted by Gasteiger charge is -2.00. The van der Waals surface area contributed by atoms with Gasteiger partial charge < -0.3 is 0 Å². The summed E-state index contributed by atoms with van der Waals surface area (Å²) in [5.41, 5.74) is 0. The van der Waals surface area contributed by atoms with Gasteiger partial charge in [0.05, 0.1) is 12.1 Å². The van der Waals surface area contributed by atoms with E-state index in [4.69, 9.17) is 10.5 Å². The van der Waals surface area contributed by atoms with Crippen molar-refractivity contribution in [2.75, 3.05) is 0 Å². The topological polar surface area (TPSA) is 47.6 Å². The summed E-state index contributed by atoms with van der Waals surface area (Å²) >= 11 is 0.